The van der Waals surface area contributed by atoms with E-state index in [2.05, 4.69) is 30.4 Å². The van der Waals surface area contributed by atoms with Gasteiger partial charge in [-0.3, -0.25) is 9.89 Å². The Bertz CT molecular complexity index is 693. The molecule has 1 aromatic carbocycles. The molecular weight excluding hydrogens is 238 g/mol. The number of nitrogens with zero attached hydrogens (tertiary/aromatic N) is 2. The predicted molar refractivity (Wildman–Crippen MR) is 78.5 cm³/mol. The Morgan fingerprint density at radius 1 is 1.26 bits per heavy atom. The maximum absolute atomic E-state index is 12.4. The van der Waals surface area contributed by atoms with Crippen molar-refractivity contribution in [3.05, 3.63) is 51.3 Å². The highest BCUT2D eigenvalue weighted by Crippen LogP contribution is 1.99. The maximum Gasteiger partial charge on any atom is 0.280 e. The molecule has 1 N–H and O–H groups in total. The molecule has 0 aliphatic heterocycles. The summed E-state index contributed by atoms with van der Waals surface area (Å²) < 4.78 is 1.53. The molecule has 4 heteroatoms. The van der Waals surface area contributed by atoms with E-state index in [0.717, 1.165) is 18.8 Å². The highest BCUT2D eigenvalue weighted by Gasteiger charge is 2.04. The quantitative estimate of drug-likeness (QED) is 0.874. The molecular formula is C15H19N3O. The van der Waals surface area contributed by atoms with Crippen LogP contribution in [-0.4, -0.2) is 27.8 Å². The summed E-state index contributed by atoms with van der Waals surface area (Å²) in [5, 5.41) is 4.28. The van der Waals surface area contributed by atoms with Crippen molar-refractivity contribution in [1.29, 1.82) is 0 Å². The predicted octanol–water partition coefficient (Wildman–Crippen LogP) is 0.656. The van der Waals surface area contributed by atoms with Crippen LogP contribution in [0.2, 0.25) is 0 Å². The Morgan fingerprint density at radius 2 is 1.89 bits per heavy atom. The topological polar surface area (TPSA) is 41.0 Å². The normalized spacial score (nSPS) is 11.8. The first-order valence-electron chi connectivity index (χ1n) is 6.48. The SMILES string of the molecule is C=c1[nH]n(-c2ccccc2)c(=O)c1=CN(CC)CC. The lowest BCUT2D eigenvalue weighted by Gasteiger charge is -2.13. The van der Waals surface area contributed by atoms with Gasteiger partial charge in [-0.05, 0) is 26.0 Å². The van der Waals surface area contributed by atoms with Gasteiger partial charge in [0, 0.05) is 19.3 Å². The summed E-state index contributed by atoms with van der Waals surface area (Å²) in [5.74, 6) is 0. The van der Waals surface area contributed by atoms with Crippen molar-refractivity contribution in [2.45, 2.75) is 13.8 Å². The zero-order valence-electron chi connectivity index (χ0n) is 11.4. The number of rotatable bonds is 4. The summed E-state index contributed by atoms with van der Waals surface area (Å²) in [4.78, 5) is 14.5. The average molecular weight is 257 g/mol. The standard InChI is InChI=1S/C15H19N3O/c1-4-17(5-2)11-14-12(3)16-18(15(14)19)13-9-7-6-8-10-13/h6-11,16H,3-5H2,1-2H3. The van der Waals surface area contributed by atoms with Gasteiger partial charge >= 0.3 is 0 Å². The van der Waals surface area contributed by atoms with E-state index >= 15 is 0 Å². The molecule has 0 radical (unpaired) electrons. The van der Waals surface area contributed by atoms with Gasteiger partial charge in [0.2, 0.25) is 0 Å². The van der Waals surface area contributed by atoms with Crippen molar-refractivity contribution in [3.8, 4) is 5.69 Å². The van der Waals surface area contributed by atoms with Crippen LogP contribution in [-0.2, 0) is 0 Å². The number of hydrogen-bond donors (Lipinski definition) is 1. The lowest BCUT2D eigenvalue weighted by Crippen LogP contribution is -2.37. The zero-order valence-corrected chi connectivity index (χ0v) is 11.4. The third-order valence-corrected chi connectivity index (χ3v) is 3.14. The number of aromatic amines is 1. The van der Waals surface area contributed by atoms with E-state index in [4.69, 9.17) is 0 Å². The second-order valence-corrected chi connectivity index (χ2v) is 4.33. The number of aromatic nitrogens is 2. The van der Waals surface area contributed by atoms with Crippen molar-refractivity contribution in [1.82, 2.24) is 14.7 Å². The van der Waals surface area contributed by atoms with E-state index in [0.29, 0.717) is 10.6 Å². The maximum atomic E-state index is 12.4. The number of H-pyrrole nitrogens is 1. The Morgan fingerprint density at radius 3 is 2.47 bits per heavy atom. The molecule has 0 saturated carbocycles. The summed E-state index contributed by atoms with van der Waals surface area (Å²) in [6.07, 6.45) is 1.88. The zero-order chi connectivity index (χ0) is 13.8. The summed E-state index contributed by atoms with van der Waals surface area (Å²) in [6, 6.07) is 9.50. The summed E-state index contributed by atoms with van der Waals surface area (Å²) in [7, 11) is 0. The number of hydrogen-bond acceptors (Lipinski definition) is 2. The fourth-order valence-electron chi connectivity index (χ4n) is 1.98. The molecule has 0 aliphatic carbocycles. The van der Waals surface area contributed by atoms with E-state index in [1.54, 1.807) is 0 Å². The van der Waals surface area contributed by atoms with Gasteiger partial charge in [0.25, 0.3) is 5.56 Å². The van der Waals surface area contributed by atoms with Crippen LogP contribution in [0.15, 0.2) is 35.1 Å². The van der Waals surface area contributed by atoms with Crippen LogP contribution in [0.25, 0.3) is 18.5 Å². The summed E-state index contributed by atoms with van der Waals surface area (Å²) in [5.41, 5.74) is 0.750. The van der Waals surface area contributed by atoms with Gasteiger partial charge in [0.05, 0.1) is 16.3 Å². The first-order chi connectivity index (χ1) is 9.17. The fraction of sp³-hybridized carbons (Fsp3) is 0.267. The van der Waals surface area contributed by atoms with Crippen molar-refractivity contribution in [2.75, 3.05) is 13.1 Å². The van der Waals surface area contributed by atoms with Gasteiger partial charge in [-0.25, -0.2) is 4.68 Å². The molecule has 100 valence electrons. The summed E-state index contributed by atoms with van der Waals surface area (Å²) >= 11 is 0. The highest BCUT2D eigenvalue weighted by molar-refractivity contribution is 5.32. The van der Waals surface area contributed by atoms with Crippen LogP contribution >= 0.6 is 0 Å². The average Bonchev–Trinajstić information content (AvgIpc) is 2.73. The molecule has 0 unspecified atom stereocenters. The van der Waals surface area contributed by atoms with Crippen LogP contribution in [0.3, 0.4) is 0 Å². The van der Waals surface area contributed by atoms with Crippen LogP contribution < -0.4 is 16.1 Å². The third kappa shape index (κ3) is 2.62. The van der Waals surface area contributed by atoms with Crippen LogP contribution in [0.1, 0.15) is 13.8 Å². The largest absolute Gasteiger partial charge is 0.377 e. The lowest BCUT2D eigenvalue weighted by atomic mass is 10.3. The smallest absolute Gasteiger partial charge is 0.280 e. The van der Waals surface area contributed by atoms with Crippen molar-refractivity contribution >= 4 is 12.8 Å². The minimum absolute atomic E-state index is 0.0666. The summed E-state index contributed by atoms with van der Waals surface area (Å²) in [6.45, 7) is 9.77. The molecule has 1 heterocycles. The van der Waals surface area contributed by atoms with Crippen LogP contribution in [0.4, 0.5) is 0 Å². The Kier molecular flexibility index (Phi) is 3.90. The molecule has 4 nitrogen and oxygen atoms in total. The molecule has 2 aromatic rings. The van der Waals surface area contributed by atoms with E-state index in [1.807, 2.05) is 36.5 Å². The van der Waals surface area contributed by atoms with Crippen LogP contribution in [0, 0.1) is 0 Å². The Balaban J connectivity index is 2.59. The Labute approximate surface area is 112 Å². The van der Waals surface area contributed by atoms with Crippen LogP contribution in [0.5, 0.6) is 0 Å². The first kappa shape index (κ1) is 13.2. The van der Waals surface area contributed by atoms with Gasteiger partial charge in [0.1, 0.15) is 0 Å². The third-order valence-electron chi connectivity index (χ3n) is 3.14. The minimum Gasteiger partial charge on any atom is -0.377 e. The van der Waals surface area contributed by atoms with Crippen molar-refractivity contribution < 1.29 is 0 Å². The van der Waals surface area contributed by atoms with Gasteiger partial charge in [-0.15, -0.1) is 0 Å². The van der Waals surface area contributed by atoms with Gasteiger partial charge < -0.3 is 4.90 Å². The van der Waals surface area contributed by atoms with Gasteiger partial charge in [0.15, 0.2) is 0 Å². The molecule has 0 bridgehead atoms. The van der Waals surface area contributed by atoms with E-state index in [-0.39, 0.29) is 5.56 Å². The second-order valence-electron chi connectivity index (χ2n) is 4.33. The molecule has 0 aliphatic rings. The first-order valence-corrected chi connectivity index (χ1v) is 6.48. The molecule has 2 rings (SSSR count). The van der Waals surface area contributed by atoms with Crippen molar-refractivity contribution in [3.63, 3.8) is 0 Å². The molecule has 0 spiro atoms. The van der Waals surface area contributed by atoms with E-state index in [1.165, 1.54) is 4.68 Å². The lowest BCUT2D eigenvalue weighted by molar-refractivity contribution is 0.457. The Hall–Kier alpha value is -2.23. The van der Waals surface area contributed by atoms with E-state index in [9.17, 15) is 4.79 Å². The molecule has 0 amide bonds. The number of nitrogens with one attached hydrogen (secondary N) is 1. The fourth-order valence-corrected chi connectivity index (χ4v) is 1.98. The molecule has 19 heavy (non-hydrogen) atoms. The minimum atomic E-state index is -0.0666. The monoisotopic (exact) mass is 257 g/mol. The number of benzene rings is 1. The van der Waals surface area contributed by atoms with Crippen molar-refractivity contribution in [2.24, 2.45) is 0 Å². The highest BCUT2D eigenvalue weighted by atomic mass is 16.1. The number of para-hydroxylation sites is 1. The van der Waals surface area contributed by atoms with Gasteiger partial charge in [-0.1, -0.05) is 24.8 Å². The molecule has 0 saturated heterocycles. The second kappa shape index (κ2) is 5.61. The molecule has 0 atom stereocenters. The van der Waals surface area contributed by atoms with E-state index < -0.39 is 0 Å². The molecule has 1 aromatic heterocycles. The van der Waals surface area contributed by atoms with Gasteiger partial charge in [-0.2, -0.15) is 0 Å². The molecule has 0 fully saturated rings.